The van der Waals surface area contributed by atoms with Crippen molar-refractivity contribution in [3.05, 3.63) is 29.3 Å². The second kappa shape index (κ2) is 4.13. The number of nitrogens with two attached hydrogens (primary N) is 1. The highest BCUT2D eigenvalue weighted by Crippen LogP contribution is 2.17. The van der Waals surface area contributed by atoms with E-state index in [2.05, 4.69) is 0 Å². The first-order valence-electron chi connectivity index (χ1n) is 4.58. The fourth-order valence-corrected chi connectivity index (χ4v) is 1.33. The monoisotopic (exact) mass is 193 g/mol. The molecule has 0 heterocycles. The number of hydrogen-bond donors (Lipinski definition) is 2. The molecule has 0 spiro atoms. The Morgan fingerprint density at radius 2 is 2.21 bits per heavy atom. The summed E-state index contributed by atoms with van der Waals surface area (Å²) in [5, 5.41) is 8.76. The Labute approximate surface area is 83.6 Å². The van der Waals surface area contributed by atoms with Crippen molar-refractivity contribution in [1.29, 1.82) is 0 Å². The van der Waals surface area contributed by atoms with Crippen LogP contribution in [-0.2, 0) is 11.2 Å². The predicted molar refractivity (Wildman–Crippen MR) is 56.1 cm³/mol. The summed E-state index contributed by atoms with van der Waals surface area (Å²) in [6.07, 6.45) is 0.489. The lowest BCUT2D eigenvalue weighted by Gasteiger charge is -2.09. The summed E-state index contributed by atoms with van der Waals surface area (Å²) >= 11 is 0. The van der Waals surface area contributed by atoms with Crippen LogP contribution in [0, 0.1) is 12.8 Å². The Hall–Kier alpha value is -1.51. The van der Waals surface area contributed by atoms with E-state index in [0.717, 1.165) is 11.1 Å². The second-order valence-electron chi connectivity index (χ2n) is 3.65. The zero-order chi connectivity index (χ0) is 10.7. The summed E-state index contributed by atoms with van der Waals surface area (Å²) < 4.78 is 0. The topological polar surface area (TPSA) is 63.3 Å². The molecule has 0 aliphatic heterocycles. The Balaban J connectivity index is 2.85. The van der Waals surface area contributed by atoms with Gasteiger partial charge in [-0.1, -0.05) is 24.6 Å². The van der Waals surface area contributed by atoms with Crippen LogP contribution in [0.25, 0.3) is 0 Å². The molecular weight excluding hydrogens is 178 g/mol. The molecule has 1 aromatic rings. The molecule has 0 amide bonds. The Morgan fingerprint density at radius 1 is 1.57 bits per heavy atom. The summed E-state index contributed by atoms with van der Waals surface area (Å²) in [4.78, 5) is 10.7. The van der Waals surface area contributed by atoms with Crippen LogP contribution in [0.15, 0.2) is 18.2 Å². The van der Waals surface area contributed by atoms with E-state index < -0.39 is 5.97 Å². The van der Waals surface area contributed by atoms with Crippen molar-refractivity contribution in [3.63, 3.8) is 0 Å². The van der Waals surface area contributed by atoms with Gasteiger partial charge in [-0.05, 0) is 25.0 Å². The van der Waals surface area contributed by atoms with E-state index in [1.807, 2.05) is 25.1 Å². The van der Waals surface area contributed by atoms with Crippen LogP contribution in [0.1, 0.15) is 18.1 Å². The van der Waals surface area contributed by atoms with Gasteiger partial charge in [-0.3, -0.25) is 4.79 Å². The summed E-state index contributed by atoms with van der Waals surface area (Å²) in [5.74, 6) is -1.18. The maximum absolute atomic E-state index is 10.7. The van der Waals surface area contributed by atoms with Crippen LogP contribution in [0.4, 0.5) is 5.69 Å². The molecule has 0 aromatic heterocycles. The molecule has 1 rings (SSSR count). The number of hydrogen-bond acceptors (Lipinski definition) is 2. The van der Waals surface area contributed by atoms with Crippen molar-refractivity contribution in [2.45, 2.75) is 20.3 Å². The molecule has 76 valence electrons. The van der Waals surface area contributed by atoms with Gasteiger partial charge < -0.3 is 10.8 Å². The number of nitrogen functional groups attached to an aromatic ring is 1. The van der Waals surface area contributed by atoms with Crippen LogP contribution < -0.4 is 5.73 Å². The van der Waals surface area contributed by atoms with Crippen LogP contribution in [-0.4, -0.2) is 11.1 Å². The molecule has 3 nitrogen and oxygen atoms in total. The van der Waals surface area contributed by atoms with Gasteiger partial charge in [-0.2, -0.15) is 0 Å². The standard InChI is InChI=1S/C11H15NO2/c1-7-3-4-10(12)9(5-7)6-8(2)11(13)14/h3-5,8H,6,12H2,1-2H3,(H,13,14). The molecule has 14 heavy (non-hydrogen) atoms. The van der Waals surface area contributed by atoms with E-state index in [0.29, 0.717) is 12.1 Å². The highest BCUT2D eigenvalue weighted by molar-refractivity contribution is 5.70. The van der Waals surface area contributed by atoms with E-state index in [4.69, 9.17) is 10.8 Å². The number of carbonyl (C=O) groups is 1. The second-order valence-corrected chi connectivity index (χ2v) is 3.65. The van der Waals surface area contributed by atoms with Crippen LogP contribution in [0.5, 0.6) is 0 Å². The van der Waals surface area contributed by atoms with Crippen LogP contribution in [0.2, 0.25) is 0 Å². The summed E-state index contributed by atoms with van der Waals surface area (Å²) in [5.41, 5.74) is 8.44. The Morgan fingerprint density at radius 3 is 2.79 bits per heavy atom. The number of rotatable bonds is 3. The van der Waals surface area contributed by atoms with Crippen molar-refractivity contribution < 1.29 is 9.90 Å². The van der Waals surface area contributed by atoms with Gasteiger partial charge in [-0.25, -0.2) is 0 Å². The molecule has 0 saturated heterocycles. The molecule has 1 atom stereocenters. The number of anilines is 1. The first kappa shape index (κ1) is 10.6. The van der Waals surface area contributed by atoms with Gasteiger partial charge in [0.25, 0.3) is 0 Å². The zero-order valence-corrected chi connectivity index (χ0v) is 8.45. The van der Waals surface area contributed by atoms with E-state index in [1.54, 1.807) is 6.92 Å². The van der Waals surface area contributed by atoms with Crippen LogP contribution >= 0.6 is 0 Å². The van der Waals surface area contributed by atoms with Crippen molar-refractivity contribution in [2.24, 2.45) is 5.92 Å². The van der Waals surface area contributed by atoms with Gasteiger partial charge in [0.1, 0.15) is 0 Å². The lowest BCUT2D eigenvalue weighted by atomic mass is 9.98. The zero-order valence-electron chi connectivity index (χ0n) is 8.45. The SMILES string of the molecule is Cc1ccc(N)c(CC(C)C(=O)O)c1. The first-order chi connectivity index (χ1) is 6.50. The van der Waals surface area contributed by atoms with Gasteiger partial charge in [0.15, 0.2) is 0 Å². The third kappa shape index (κ3) is 2.49. The molecule has 0 aliphatic carbocycles. The van der Waals surface area contributed by atoms with Gasteiger partial charge >= 0.3 is 5.97 Å². The number of benzene rings is 1. The normalized spacial score (nSPS) is 12.4. The van der Waals surface area contributed by atoms with Gasteiger partial charge in [-0.15, -0.1) is 0 Å². The Kier molecular flexibility index (Phi) is 3.12. The first-order valence-corrected chi connectivity index (χ1v) is 4.58. The van der Waals surface area contributed by atoms with Gasteiger partial charge in [0.05, 0.1) is 5.92 Å². The lowest BCUT2D eigenvalue weighted by molar-refractivity contribution is -0.141. The average molecular weight is 193 g/mol. The minimum Gasteiger partial charge on any atom is -0.481 e. The number of aryl methyl sites for hydroxylation is 1. The van der Waals surface area contributed by atoms with Crippen molar-refractivity contribution in [3.8, 4) is 0 Å². The molecule has 3 N–H and O–H groups in total. The van der Waals surface area contributed by atoms with E-state index >= 15 is 0 Å². The molecule has 0 saturated carbocycles. The molecule has 0 fully saturated rings. The average Bonchev–Trinajstić information content (AvgIpc) is 2.11. The molecule has 0 aliphatic rings. The van der Waals surface area contributed by atoms with E-state index in [-0.39, 0.29) is 5.92 Å². The fraction of sp³-hybridized carbons (Fsp3) is 0.364. The summed E-state index contributed by atoms with van der Waals surface area (Å²) in [6, 6.07) is 5.68. The summed E-state index contributed by atoms with van der Waals surface area (Å²) in [6.45, 7) is 3.65. The Bertz CT molecular complexity index is 347. The van der Waals surface area contributed by atoms with Crippen molar-refractivity contribution >= 4 is 11.7 Å². The predicted octanol–water partition coefficient (Wildman–Crippen LogP) is 1.84. The van der Waals surface area contributed by atoms with E-state index in [1.165, 1.54) is 0 Å². The maximum Gasteiger partial charge on any atom is 0.306 e. The quantitative estimate of drug-likeness (QED) is 0.720. The smallest absolute Gasteiger partial charge is 0.306 e. The van der Waals surface area contributed by atoms with Crippen molar-refractivity contribution in [2.75, 3.05) is 5.73 Å². The maximum atomic E-state index is 10.7. The molecule has 0 radical (unpaired) electrons. The highest BCUT2D eigenvalue weighted by Gasteiger charge is 2.13. The minimum absolute atomic E-state index is 0.390. The number of aliphatic carboxylic acids is 1. The lowest BCUT2D eigenvalue weighted by Crippen LogP contribution is -2.13. The minimum atomic E-state index is -0.786. The summed E-state index contributed by atoms with van der Waals surface area (Å²) in [7, 11) is 0. The van der Waals surface area contributed by atoms with Gasteiger partial charge in [0.2, 0.25) is 0 Å². The van der Waals surface area contributed by atoms with Gasteiger partial charge in [0, 0.05) is 5.69 Å². The largest absolute Gasteiger partial charge is 0.481 e. The third-order valence-corrected chi connectivity index (χ3v) is 2.25. The third-order valence-electron chi connectivity index (χ3n) is 2.25. The molecule has 0 bridgehead atoms. The molecule has 3 heteroatoms. The number of carboxylic acids is 1. The van der Waals surface area contributed by atoms with E-state index in [9.17, 15) is 4.79 Å². The molecule has 1 unspecified atom stereocenters. The fourth-order valence-electron chi connectivity index (χ4n) is 1.33. The molecule has 1 aromatic carbocycles. The van der Waals surface area contributed by atoms with Crippen LogP contribution in [0.3, 0.4) is 0 Å². The highest BCUT2D eigenvalue weighted by atomic mass is 16.4. The molecular formula is C11H15NO2. The van der Waals surface area contributed by atoms with Crippen molar-refractivity contribution in [1.82, 2.24) is 0 Å². The number of carboxylic acid groups (broad SMARTS) is 1.